The van der Waals surface area contributed by atoms with Crippen LogP contribution in [0.15, 0.2) is 36.5 Å². The monoisotopic (exact) mass is 752 g/mol. The molecule has 310 valence electrons. The van der Waals surface area contributed by atoms with Crippen LogP contribution in [0.5, 0.6) is 0 Å². The van der Waals surface area contributed by atoms with Crippen molar-refractivity contribution >= 4 is 5.91 Å². The highest BCUT2D eigenvalue weighted by atomic mass is 16.7. The Balaban J connectivity index is 2.33. The number of nitrogens with one attached hydrogen (secondary N) is 1. The van der Waals surface area contributed by atoms with Gasteiger partial charge >= 0.3 is 0 Å². The Labute approximate surface area is 323 Å². The number of hydrogen-bond donors (Lipinski definition) is 6. The van der Waals surface area contributed by atoms with Crippen LogP contribution in [-0.4, -0.2) is 87.5 Å². The topological polar surface area (TPSA) is 149 Å². The zero-order valence-electron chi connectivity index (χ0n) is 33.8. The van der Waals surface area contributed by atoms with E-state index in [-0.39, 0.29) is 12.5 Å². The van der Waals surface area contributed by atoms with Crippen LogP contribution in [0.1, 0.15) is 181 Å². The van der Waals surface area contributed by atoms with Gasteiger partial charge in [-0.25, -0.2) is 0 Å². The number of unbranched alkanes of at least 4 members (excludes halogenated alkanes) is 21. The molecule has 9 nitrogen and oxygen atoms in total. The number of aliphatic hydroxyl groups excluding tert-OH is 5. The average molecular weight is 752 g/mol. The van der Waals surface area contributed by atoms with Gasteiger partial charge in [0.05, 0.1) is 25.4 Å². The van der Waals surface area contributed by atoms with Gasteiger partial charge in [0, 0.05) is 6.42 Å². The maximum absolute atomic E-state index is 12.8. The summed E-state index contributed by atoms with van der Waals surface area (Å²) in [5.41, 5.74) is 0. The molecule has 1 heterocycles. The zero-order chi connectivity index (χ0) is 38.8. The van der Waals surface area contributed by atoms with Crippen LogP contribution in [0.3, 0.4) is 0 Å². The molecule has 0 spiro atoms. The Bertz CT molecular complexity index is 925. The number of carbonyl (C=O) groups excluding carboxylic acids is 1. The van der Waals surface area contributed by atoms with Crippen molar-refractivity contribution in [1.82, 2.24) is 5.32 Å². The lowest BCUT2D eigenvalue weighted by atomic mass is 9.99. The molecule has 53 heavy (non-hydrogen) atoms. The summed E-state index contributed by atoms with van der Waals surface area (Å²) in [7, 11) is 0. The molecule has 7 unspecified atom stereocenters. The normalized spacial score (nSPS) is 22.0. The number of carbonyl (C=O) groups is 1. The fourth-order valence-corrected chi connectivity index (χ4v) is 6.66. The van der Waals surface area contributed by atoms with E-state index in [1.54, 1.807) is 6.08 Å². The summed E-state index contributed by atoms with van der Waals surface area (Å²) >= 11 is 0. The van der Waals surface area contributed by atoms with Gasteiger partial charge in [0.25, 0.3) is 0 Å². The summed E-state index contributed by atoms with van der Waals surface area (Å²) in [5.74, 6) is -0.199. The molecule has 0 aromatic carbocycles. The number of hydrogen-bond acceptors (Lipinski definition) is 8. The van der Waals surface area contributed by atoms with Gasteiger partial charge in [0.2, 0.25) is 5.91 Å². The fourth-order valence-electron chi connectivity index (χ4n) is 6.66. The molecule has 0 bridgehead atoms. The minimum absolute atomic E-state index is 0.199. The van der Waals surface area contributed by atoms with E-state index in [9.17, 15) is 30.3 Å². The number of amides is 1. The van der Waals surface area contributed by atoms with Crippen molar-refractivity contribution in [3.8, 4) is 0 Å². The van der Waals surface area contributed by atoms with E-state index in [2.05, 4.69) is 43.5 Å². The summed E-state index contributed by atoms with van der Waals surface area (Å²) in [6.45, 7) is 3.69. The van der Waals surface area contributed by atoms with Crippen LogP contribution < -0.4 is 5.32 Å². The van der Waals surface area contributed by atoms with E-state index in [1.807, 2.05) is 6.08 Å². The molecule has 1 aliphatic rings. The Morgan fingerprint density at radius 2 is 1.08 bits per heavy atom. The lowest BCUT2D eigenvalue weighted by Gasteiger charge is -2.40. The Hall–Kier alpha value is -1.59. The molecule has 6 N–H and O–H groups in total. The van der Waals surface area contributed by atoms with E-state index in [4.69, 9.17) is 9.47 Å². The molecule has 1 fully saturated rings. The standard InChI is InChI=1S/C44H81NO8/c1-3-5-7-9-11-12-13-14-15-16-17-18-19-20-21-22-23-24-25-26-28-29-31-33-38(47)37(45-40(48)34-32-30-27-10-8-6-4-2)36-52-44-43(51)42(50)41(49)39(35-46)53-44/h21-22,25-26,31,33,37-39,41-44,46-47,49-51H,3-20,23-24,27-30,32,34-36H2,1-2H3,(H,45,48)/b22-21+,26-25+,33-31+. The predicted molar refractivity (Wildman–Crippen MR) is 216 cm³/mol. The second-order valence-electron chi connectivity index (χ2n) is 15.1. The van der Waals surface area contributed by atoms with Crippen LogP contribution >= 0.6 is 0 Å². The number of allylic oxidation sites excluding steroid dienone is 5. The molecule has 0 aromatic heterocycles. The molecule has 0 radical (unpaired) electrons. The van der Waals surface area contributed by atoms with Gasteiger partial charge in [0.1, 0.15) is 24.4 Å². The first-order valence-corrected chi connectivity index (χ1v) is 21.7. The van der Waals surface area contributed by atoms with Gasteiger partial charge in [-0.15, -0.1) is 0 Å². The van der Waals surface area contributed by atoms with Crippen molar-refractivity contribution in [2.24, 2.45) is 0 Å². The third-order valence-corrected chi connectivity index (χ3v) is 10.2. The summed E-state index contributed by atoms with van der Waals surface area (Å²) in [6, 6.07) is -0.822. The minimum Gasteiger partial charge on any atom is -0.394 e. The molecule has 7 atom stereocenters. The van der Waals surface area contributed by atoms with Crippen molar-refractivity contribution in [2.45, 2.75) is 224 Å². The van der Waals surface area contributed by atoms with E-state index >= 15 is 0 Å². The quantitative estimate of drug-likeness (QED) is 0.0279. The molecule has 0 aliphatic carbocycles. The molecule has 1 aliphatic heterocycles. The van der Waals surface area contributed by atoms with Crippen molar-refractivity contribution in [1.29, 1.82) is 0 Å². The van der Waals surface area contributed by atoms with Crippen LogP contribution in [0.25, 0.3) is 0 Å². The average Bonchev–Trinajstić information content (AvgIpc) is 3.16. The van der Waals surface area contributed by atoms with Gasteiger partial charge in [-0.3, -0.25) is 4.79 Å². The van der Waals surface area contributed by atoms with Crippen LogP contribution in [0.4, 0.5) is 0 Å². The van der Waals surface area contributed by atoms with Crippen LogP contribution in [0.2, 0.25) is 0 Å². The largest absolute Gasteiger partial charge is 0.394 e. The first-order valence-electron chi connectivity index (χ1n) is 21.7. The van der Waals surface area contributed by atoms with Crippen molar-refractivity contribution in [2.75, 3.05) is 13.2 Å². The zero-order valence-corrected chi connectivity index (χ0v) is 33.8. The molecular formula is C44H81NO8. The summed E-state index contributed by atoms with van der Waals surface area (Å²) in [6.07, 6.45) is 35.1. The van der Waals surface area contributed by atoms with E-state index < -0.39 is 49.5 Å². The van der Waals surface area contributed by atoms with Gasteiger partial charge in [-0.1, -0.05) is 166 Å². The van der Waals surface area contributed by atoms with Gasteiger partial charge in [-0.05, 0) is 44.9 Å². The number of aliphatic hydroxyl groups is 5. The maximum Gasteiger partial charge on any atom is 0.220 e. The minimum atomic E-state index is -1.57. The second-order valence-corrected chi connectivity index (χ2v) is 15.1. The lowest BCUT2D eigenvalue weighted by molar-refractivity contribution is -0.302. The molecule has 0 saturated carbocycles. The Morgan fingerprint density at radius 1 is 0.623 bits per heavy atom. The molecule has 1 rings (SSSR count). The smallest absolute Gasteiger partial charge is 0.220 e. The summed E-state index contributed by atoms with van der Waals surface area (Å²) in [5, 5.41) is 53.8. The van der Waals surface area contributed by atoms with Crippen molar-refractivity contribution in [3.05, 3.63) is 36.5 Å². The van der Waals surface area contributed by atoms with E-state index in [1.165, 1.54) is 116 Å². The van der Waals surface area contributed by atoms with Crippen LogP contribution in [0, 0.1) is 0 Å². The summed E-state index contributed by atoms with van der Waals surface area (Å²) in [4.78, 5) is 12.8. The SMILES string of the molecule is CCCCCCCCCCCCCCC/C=C/CC/C=C/CC/C=C/C(O)C(COC1OC(CO)C(O)C(O)C1O)NC(=O)CCCCCCCCC. The lowest BCUT2D eigenvalue weighted by Crippen LogP contribution is -2.60. The number of ether oxygens (including phenoxy) is 2. The second kappa shape index (κ2) is 34.9. The summed E-state index contributed by atoms with van der Waals surface area (Å²) < 4.78 is 11.1. The highest BCUT2D eigenvalue weighted by Gasteiger charge is 2.44. The molecular weight excluding hydrogens is 670 g/mol. The van der Waals surface area contributed by atoms with Crippen molar-refractivity contribution < 1.29 is 39.8 Å². The predicted octanol–water partition coefficient (Wildman–Crippen LogP) is 8.50. The Kier molecular flexibility index (Phi) is 32.5. The number of rotatable bonds is 35. The molecule has 9 heteroatoms. The third-order valence-electron chi connectivity index (χ3n) is 10.2. The molecule has 1 amide bonds. The first kappa shape index (κ1) is 49.4. The van der Waals surface area contributed by atoms with Crippen LogP contribution in [-0.2, 0) is 14.3 Å². The van der Waals surface area contributed by atoms with Crippen molar-refractivity contribution in [3.63, 3.8) is 0 Å². The van der Waals surface area contributed by atoms with E-state index in [0.717, 1.165) is 44.9 Å². The highest BCUT2D eigenvalue weighted by molar-refractivity contribution is 5.76. The fraction of sp³-hybridized carbons (Fsp3) is 0.841. The Morgan fingerprint density at radius 3 is 1.58 bits per heavy atom. The molecule has 0 aromatic rings. The van der Waals surface area contributed by atoms with Gasteiger partial charge in [0.15, 0.2) is 6.29 Å². The third kappa shape index (κ3) is 26.0. The highest BCUT2D eigenvalue weighted by Crippen LogP contribution is 2.22. The van der Waals surface area contributed by atoms with Gasteiger partial charge in [-0.2, -0.15) is 0 Å². The van der Waals surface area contributed by atoms with Gasteiger partial charge < -0.3 is 40.3 Å². The first-order chi connectivity index (χ1) is 25.8. The van der Waals surface area contributed by atoms with E-state index in [0.29, 0.717) is 6.42 Å². The maximum atomic E-state index is 12.8. The molecule has 1 saturated heterocycles.